The van der Waals surface area contributed by atoms with Gasteiger partial charge in [0.2, 0.25) is 5.91 Å². The third kappa shape index (κ3) is 2.39. The van der Waals surface area contributed by atoms with Gasteiger partial charge in [-0.25, -0.2) is 23.5 Å². The average Bonchev–Trinajstić information content (AvgIpc) is 3.01. The van der Waals surface area contributed by atoms with E-state index in [9.17, 15) is 14.4 Å². The second-order valence-electron chi connectivity index (χ2n) is 7.27. The lowest BCUT2D eigenvalue weighted by Crippen LogP contribution is -2.57. The molecule has 1 fully saturated rings. The molecule has 3 aliphatic rings. The van der Waals surface area contributed by atoms with E-state index in [-0.39, 0.29) is 11.6 Å². The van der Waals surface area contributed by atoms with E-state index < -0.39 is 17.9 Å². The summed E-state index contributed by atoms with van der Waals surface area (Å²) in [5, 5.41) is 0. The molecule has 1 saturated heterocycles. The van der Waals surface area contributed by atoms with Crippen LogP contribution in [-0.2, 0) is 11.2 Å². The monoisotopic (exact) mass is 376 g/mol. The third-order valence-electron chi connectivity index (χ3n) is 5.71. The summed E-state index contributed by atoms with van der Waals surface area (Å²) in [4.78, 5) is 40.9. The Labute approximate surface area is 161 Å². The summed E-state index contributed by atoms with van der Waals surface area (Å²) < 4.78 is 4.01. The summed E-state index contributed by atoms with van der Waals surface area (Å²) >= 11 is 0. The molecule has 0 unspecified atom stereocenters. The topological polar surface area (TPSA) is 69.2 Å². The van der Waals surface area contributed by atoms with Gasteiger partial charge in [-0.05, 0) is 37.0 Å². The molecule has 2 bridgehead atoms. The highest BCUT2D eigenvalue weighted by Crippen LogP contribution is 2.37. The van der Waals surface area contributed by atoms with Gasteiger partial charge in [-0.3, -0.25) is 4.79 Å². The summed E-state index contributed by atoms with van der Waals surface area (Å²) in [6.07, 6.45) is 1.58. The molecule has 0 spiro atoms. The van der Waals surface area contributed by atoms with E-state index in [4.69, 9.17) is 0 Å². The molecule has 28 heavy (non-hydrogen) atoms. The summed E-state index contributed by atoms with van der Waals surface area (Å²) in [7, 11) is 0. The van der Waals surface area contributed by atoms with Gasteiger partial charge >= 0.3 is 11.4 Å². The fraction of sp³-hybridized carbons (Fsp3) is 0.286. The van der Waals surface area contributed by atoms with Crippen LogP contribution in [0.2, 0.25) is 0 Å². The number of aromatic nitrogens is 3. The van der Waals surface area contributed by atoms with Crippen molar-refractivity contribution in [3.8, 4) is 5.69 Å². The van der Waals surface area contributed by atoms with E-state index in [1.54, 1.807) is 29.2 Å². The van der Waals surface area contributed by atoms with Crippen LogP contribution in [-0.4, -0.2) is 31.3 Å². The number of hydrogen-bond acceptors (Lipinski definition) is 3. The van der Waals surface area contributed by atoms with E-state index in [2.05, 4.69) is 0 Å². The molecule has 0 radical (unpaired) electrons. The number of amides is 1. The first-order valence-corrected chi connectivity index (χ1v) is 9.52. The molecule has 4 heterocycles. The number of hydrogen-bond donors (Lipinski definition) is 0. The van der Waals surface area contributed by atoms with E-state index in [0.29, 0.717) is 31.5 Å². The number of para-hydroxylation sites is 1. The van der Waals surface area contributed by atoms with Crippen LogP contribution < -0.4 is 11.4 Å². The zero-order chi connectivity index (χ0) is 19.3. The molecule has 0 N–H and O–H groups in total. The van der Waals surface area contributed by atoms with Crippen molar-refractivity contribution in [2.24, 2.45) is 0 Å². The number of rotatable bonds is 4. The van der Waals surface area contributed by atoms with Crippen molar-refractivity contribution in [3.63, 3.8) is 0 Å². The molecular formula is C21H20N4O3. The van der Waals surface area contributed by atoms with E-state index >= 15 is 0 Å². The molecule has 142 valence electrons. The average molecular weight is 376 g/mol. The Morgan fingerprint density at radius 2 is 1.43 bits per heavy atom. The van der Waals surface area contributed by atoms with Crippen LogP contribution in [0.4, 0.5) is 0 Å². The lowest BCUT2D eigenvalue weighted by molar-refractivity contribution is -0.152. The van der Waals surface area contributed by atoms with Crippen LogP contribution in [0.15, 0.2) is 70.3 Å². The molecule has 6 rings (SSSR count). The zero-order valence-corrected chi connectivity index (χ0v) is 15.3. The Kier molecular flexibility index (Phi) is 3.82. The van der Waals surface area contributed by atoms with Crippen molar-refractivity contribution in [2.75, 3.05) is 6.54 Å². The quantitative estimate of drug-likeness (QED) is 0.696. The number of carbonyl (C=O) groups is 1. The van der Waals surface area contributed by atoms with Gasteiger partial charge in [-0.15, -0.1) is 0 Å². The minimum atomic E-state index is -0.606. The predicted octanol–water partition coefficient (Wildman–Crippen LogP) is 1.72. The first-order valence-electron chi connectivity index (χ1n) is 9.52. The zero-order valence-electron chi connectivity index (χ0n) is 15.3. The minimum absolute atomic E-state index is 0.0699. The van der Waals surface area contributed by atoms with Gasteiger partial charge in [0.1, 0.15) is 12.2 Å². The van der Waals surface area contributed by atoms with Crippen molar-refractivity contribution in [3.05, 3.63) is 87.2 Å². The van der Waals surface area contributed by atoms with Gasteiger partial charge in [0.05, 0.1) is 5.69 Å². The van der Waals surface area contributed by atoms with Gasteiger partial charge in [0.15, 0.2) is 0 Å². The molecule has 0 saturated carbocycles. The van der Waals surface area contributed by atoms with Crippen molar-refractivity contribution in [1.29, 1.82) is 0 Å². The van der Waals surface area contributed by atoms with Crippen LogP contribution in [0.25, 0.3) is 5.69 Å². The van der Waals surface area contributed by atoms with E-state index in [0.717, 1.165) is 5.56 Å². The second-order valence-corrected chi connectivity index (χ2v) is 7.27. The van der Waals surface area contributed by atoms with Gasteiger partial charge in [0.25, 0.3) is 0 Å². The fourth-order valence-electron chi connectivity index (χ4n) is 4.38. The van der Waals surface area contributed by atoms with Crippen LogP contribution in [0.1, 0.15) is 30.6 Å². The summed E-state index contributed by atoms with van der Waals surface area (Å²) in [5.74, 6) is -0.0699. The number of piperidine rings is 1. The Morgan fingerprint density at radius 3 is 2.14 bits per heavy atom. The van der Waals surface area contributed by atoms with Gasteiger partial charge in [-0.2, -0.15) is 0 Å². The number of fused-ring (bicyclic) bond motifs is 2. The van der Waals surface area contributed by atoms with Gasteiger partial charge in [-0.1, -0.05) is 48.5 Å². The highest BCUT2D eigenvalue weighted by atomic mass is 16.2. The molecule has 3 aliphatic heterocycles. The minimum Gasteiger partial charge on any atom is -0.318 e. The smallest absolute Gasteiger partial charge is 0.318 e. The molecule has 1 amide bonds. The normalized spacial score (nSPS) is 20.4. The predicted molar refractivity (Wildman–Crippen MR) is 103 cm³/mol. The van der Waals surface area contributed by atoms with Crippen molar-refractivity contribution >= 4 is 5.91 Å². The van der Waals surface area contributed by atoms with Crippen molar-refractivity contribution in [1.82, 2.24) is 18.8 Å². The maximum Gasteiger partial charge on any atom is 0.353 e. The Bertz CT molecular complexity index is 1140. The SMILES string of the molecule is O=C1[C@H]2CC[C@H](N1CCc1ccccc1)n1c(=O)n(-c3ccccc3)c(=O)n12. The maximum absolute atomic E-state index is 13.1. The number of benzene rings is 2. The molecule has 1 aromatic heterocycles. The molecule has 0 aliphatic carbocycles. The highest BCUT2D eigenvalue weighted by molar-refractivity contribution is 5.82. The summed E-state index contributed by atoms with van der Waals surface area (Å²) in [5.41, 5.74) is 0.836. The molecule has 2 aromatic carbocycles. The Balaban J connectivity index is 1.55. The molecular weight excluding hydrogens is 356 g/mol. The fourth-order valence-corrected chi connectivity index (χ4v) is 4.38. The summed E-state index contributed by atoms with van der Waals surface area (Å²) in [6, 6.07) is 18.2. The number of nitrogens with zero attached hydrogens (tertiary/aromatic N) is 4. The van der Waals surface area contributed by atoms with Crippen LogP contribution in [0.3, 0.4) is 0 Å². The van der Waals surface area contributed by atoms with E-state index in [1.807, 2.05) is 36.4 Å². The summed E-state index contributed by atoms with van der Waals surface area (Å²) in [6.45, 7) is 0.529. The van der Waals surface area contributed by atoms with Gasteiger partial charge in [0, 0.05) is 6.54 Å². The Hall–Kier alpha value is -3.35. The number of carbonyl (C=O) groups excluding carboxylic acids is 1. The van der Waals surface area contributed by atoms with Crippen LogP contribution in [0.5, 0.6) is 0 Å². The van der Waals surface area contributed by atoms with E-state index in [1.165, 1.54) is 13.9 Å². The van der Waals surface area contributed by atoms with Crippen LogP contribution in [0, 0.1) is 0 Å². The molecule has 7 heteroatoms. The standard InChI is InChI=1S/C21H20N4O3/c26-19-17-11-12-18(22(19)14-13-15-7-3-1-4-8-15)25-21(28)23(20(27)24(17)25)16-9-5-2-6-10-16/h1-10,17-18H,11-14H2/t17-,18-/m1/s1. The molecule has 3 aromatic rings. The lowest BCUT2D eigenvalue weighted by atomic mass is 9.99. The van der Waals surface area contributed by atoms with Crippen molar-refractivity contribution < 1.29 is 4.79 Å². The van der Waals surface area contributed by atoms with Gasteiger partial charge < -0.3 is 4.90 Å². The third-order valence-corrected chi connectivity index (χ3v) is 5.71. The van der Waals surface area contributed by atoms with Crippen molar-refractivity contribution in [2.45, 2.75) is 31.5 Å². The first-order chi connectivity index (χ1) is 13.7. The first kappa shape index (κ1) is 16.8. The largest absolute Gasteiger partial charge is 0.353 e. The molecule has 7 nitrogen and oxygen atoms in total. The van der Waals surface area contributed by atoms with Crippen LogP contribution >= 0.6 is 0 Å². The molecule has 2 atom stereocenters. The maximum atomic E-state index is 13.1. The lowest BCUT2D eigenvalue weighted by Gasteiger charge is -2.45. The second kappa shape index (κ2) is 6.37. The Morgan fingerprint density at radius 1 is 0.786 bits per heavy atom. The highest BCUT2D eigenvalue weighted by Gasteiger charge is 2.46.